The second-order valence-electron chi connectivity index (χ2n) is 4.48. The van der Waals surface area contributed by atoms with Gasteiger partial charge < -0.3 is 20.7 Å². The smallest absolute Gasteiger partial charge is 0.244 e. The summed E-state index contributed by atoms with van der Waals surface area (Å²) in [5.41, 5.74) is 5.64. The number of nitrogens with one attached hydrogen (secondary N) is 1. The van der Waals surface area contributed by atoms with Crippen LogP contribution in [0.2, 0.25) is 0 Å². The molecule has 0 aromatic heterocycles. The zero-order valence-corrected chi connectivity index (χ0v) is 12.2. The average molecular weight is 287 g/mol. The van der Waals surface area contributed by atoms with Gasteiger partial charge in [0.25, 0.3) is 0 Å². The lowest BCUT2D eigenvalue weighted by molar-refractivity contribution is -0.149. The van der Waals surface area contributed by atoms with Crippen molar-refractivity contribution in [1.82, 2.24) is 10.2 Å². The van der Waals surface area contributed by atoms with Gasteiger partial charge in [0.15, 0.2) is 0 Å². The van der Waals surface area contributed by atoms with E-state index in [1.165, 1.54) is 11.9 Å². The average Bonchev–Trinajstić information content (AvgIpc) is 2.42. The first-order valence-electron chi connectivity index (χ1n) is 6.42. The monoisotopic (exact) mass is 287 g/mol. The van der Waals surface area contributed by atoms with E-state index in [0.717, 1.165) is 6.42 Å². The minimum atomic E-state index is -0.597. The third kappa shape index (κ3) is 3.87. The number of carbonyl (C=O) groups excluding carboxylic acids is 2. The van der Waals surface area contributed by atoms with Crippen LogP contribution in [0.1, 0.15) is 19.8 Å². The highest BCUT2D eigenvalue weighted by Gasteiger charge is 2.36. The fraction of sp³-hybridized carbons (Fsp3) is 0.750. The Balaban J connectivity index is 2.86. The van der Waals surface area contributed by atoms with Crippen molar-refractivity contribution in [3.05, 3.63) is 0 Å². The summed E-state index contributed by atoms with van der Waals surface area (Å²) in [4.78, 5) is 26.0. The molecule has 0 aliphatic carbocycles. The van der Waals surface area contributed by atoms with E-state index in [1.807, 2.05) is 6.92 Å². The zero-order valence-electron chi connectivity index (χ0n) is 11.3. The van der Waals surface area contributed by atoms with Gasteiger partial charge in [-0.05, 0) is 6.42 Å². The molecule has 7 heteroatoms. The lowest BCUT2D eigenvalue weighted by atomic mass is 10.0. The van der Waals surface area contributed by atoms with Crippen LogP contribution in [0.15, 0.2) is 0 Å². The molecule has 3 N–H and O–H groups in total. The Bertz CT molecular complexity index is 362. The molecule has 2 unspecified atom stereocenters. The molecule has 0 radical (unpaired) electrons. The topological polar surface area (TPSA) is 84.7 Å². The summed E-state index contributed by atoms with van der Waals surface area (Å²) in [6, 6.07) is -0.597. The van der Waals surface area contributed by atoms with Gasteiger partial charge in [-0.2, -0.15) is 0 Å². The Hall–Kier alpha value is -1.21. The maximum absolute atomic E-state index is 12.5. The van der Waals surface area contributed by atoms with Gasteiger partial charge in [0.1, 0.15) is 6.04 Å². The first-order chi connectivity index (χ1) is 9.02. The van der Waals surface area contributed by atoms with E-state index in [4.69, 9.17) is 22.7 Å². The molecule has 1 fully saturated rings. The summed E-state index contributed by atoms with van der Waals surface area (Å²) >= 11 is 4.96. The number of nitrogens with two attached hydrogens (primary N) is 1. The van der Waals surface area contributed by atoms with Gasteiger partial charge in [-0.1, -0.05) is 25.6 Å². The molecule has 1 saturated heterocycles. The number of carbonyl (C=O) groups is 2. The lowest BCUT2D eigenvalue weighted by Crippen LogP contribution is -2.57. The molecule has 0 bridgehead atoms. The summed E-state index contributed by atoms with van der Waals surface area (Å²) in [5.74, 6) is -0.900. The van der Waals surface area contributed by atoms with E-state index in [-0.39, 0.29) is 23.4 Å². The Labute approximate surface area is 118 Å². The molecule has 0 aromatic rings. The Morgan fingerprint density at radius 3 is 2.79 bits per heavy atom. The van der Waals surface area contributed by atoms with Crippen LogP contribution in [0.25, 0.3) is 0 Å². The van der Waals surface area contributed by atoms with E-state index in [9.17, 15) is 9.59 Å². The van der Waals surface area contributed by atoms with Crippen molar-refractivity contribution in [2.24, 2.45) is 11.7 Å². The van der Waals surface area contributed by atoms with Gasteiger partial charge in [-0.3, -0.25) is 9.59 Å². The third-order valence-corrected chi connectivity index (χ3v) is 3.46. The SMILES string of the molecule is CCCC(C(=O)N1CCOCC1C(=O)NC)C(N)=S. The second-order valence-corrected chi connectivity index (χ2v) is 4.95. The van der Waals surface area contributed by atoms with Gasteiger partial charge in [0.2, 0.25) is 11.8 Å². The molecule has 0 saturated carbocycles. The number of rotatable bonds is 5. The standard InChI is InChI=1S/C12H21N3O3S/c1-3-4-8(10(13)19)12(17)15-5-6-18-7-9(15)11(16)14-2/h8-9H,3-7H2,1-2H3,(H2,13,19)(H,14,16). The molecule has 6 nitrogen and oxygen atoms in total. The maximum Gasteiger partial charge on any atom is 0.244 e. The summed E-state index contributed by atoms with van der Waals surface area (Å²) < 4.78 is 5.27. The number of amides is 2. The molecule has 2 atom stereocenters. The first-order valence-corrected chi connectivity index (χ1v) is 6.82. The molecule has 1 heterocycles. The maximum atomic E-state index is 12.5. The van der Waals surface area contributed by atoms with Crippen molar-refractivity contribution >= 4 is 29.0 Å². The number of nitrogens with zero attached hydrogens (tertiary/aromatic N) is 1. The van der Waals surface area contributed by atoms with Crippen LogP contribution in [-0.4, -0.2) is 54.6 Å². The van der Waals surface area contributed by atoms with Crippen LogP contribution in [-0.2, 0) is 14.3 Å². The van der Waals surface area contributed by atoms with Crippen molar-refractivity contribution in [1.29, 1.82) is 0 Å². The summed E-state index contributed by atoms with van der Waals surface area (Å²) in [7, 11) is 1.54. The highest BCUT2D eigenvalue weighted by atomic mass is 32.1. The van der Waals surface area contributed by atoms with Crippen molar-refractivity contribution in [3.8, 4) is 0 Å². The normalized spacial score (nSPS) is 20.7. The van der Waals surface area contributed by atoms with Crippen LogP contribution in [0.5, 0.6) is 0 Å². The van der Waals surface area contributed by atoms with Crippen molar-refractivity contribution in [3.63, 3.8) is 0 Å². The number of hydrogen-bond donors (Lipinski definition) is 2. The van der Waals surface area contributed by atoms with E-state index < -0.39 is 12.0 Å². The third-order valence-electron chi connectivity index (χ3n) is 3.18. The Morgan fingerprint density at radius 2 is 2.26 bits per heavy atom. The van der Waals surface area contributed by atoms with Crippen LogP contribution in [0, 0.1) is 5.92 Å². The minimum absolute atomic E-state index is 0.175. The molecular weight excluding hydrogens is 266 g/mol. The Morgan fingerprint density at radius 1 is 1.58 bits per heavy atom. The van der Waals surface area contributed by atoms with Gasteiger partial charge >= 0.3 is 0 Å². The summed E-state index contributed by atoms with van der Waals surface area (Å²) in [6.45, 7) is 2.99. The van der Waals surface area contributed by atoms with Crippen molar-refractivity contribution < 1.29 is 14.3 Å². The predicted octanol–water partition coefficient (Wildman–Crippen LogP) is -0.338. The number of hydrogen-bond acceptors (Lipinski definition) is 4. The molecule has 0 spiro atoms. The number of ether oxygens (including phenoxy) is 1. The fourth-order valence-electron chi connectivity index (χ4n) is 2.13. The van der Waals surface area contributed by atoms with Gasteiger partial charge in [0, 0.05) is 13.6 Å². The van der Waals surface area contributed by atoms with E-state index in [0.29, 0.717) is 19.6 Å². The Kier molecular flexibility index (Phi) is 6.17. The van der Waals surface area contributed by atoms with Crippen molar-refractivity contribution in [2.45, 2.75) is 25.8 Å². The highest BCUT2D eigenvalue weighted by molar-refractivity contribution is 7.80. The van der Waals surface area contributed by atoms with E-state index in [1.54, 1.807) is 0 Å². The zero-order chi connectivity index (χ0) is 14.4. The van der Waals surface area contributed by atoms with E-state index in [2.05, 4.69) is 5.32 Å². The predicted molar refractivity (Wildman–Crippen MR) is 75.6 cm³/mol. The molecule has 0 aromatic carbocycles. The molecule has 2 amide bonds. The van der Waals surface area contributed by atoms with Crippen LogP contribution < -0.4 is 11.1 Å². The number of morpholine rings is 1. The van der Waals surface area contributed by atoms with Crippen molar-refractivity contribution in [2.75, 3.05) is 26.8 Å². The molecule has 1 aliphatic rings. The lowest BCUT2D eigenvalue weighted by Gasteiger charge is -2.36. The van der Waals surface area contributed by atoms with Gasteiger partial charge in [-0.15, -0.1) is 0 Å². The molecule has 1 aliphatic heterocycles. The number of thiocarbonyl (C=S) groups is 1. The van der Waals surface area contributed by atoms with Gasteiger partial charge in [0.05, 0.1) is 24.1 Å². The fourth-order valence-corrected chi connectivity index (χ4v) is 2.35. The molecule has 19 heavy (non-hydrogen) atoms. The van der Waals surface area contributed by atoms with Crippen LogP contribution in [0.3, 0.4) is 0 Å². The number of likely N-dealkylation sites (N-methyl/N-ethyl adjacent to an activating group) is 1. The van der Waals surface area contributed by atoms with Crippen LogP contribution >= 0.6 is 12.2 Å². The first kappa shape index (κ1) is 15.8. The summed E-state index contributed by atoms with van der Waals surface area (Å²) in [6.07, 6.45) is 1.41. The molecule has 108 valence electrons. The summed E-state index contributed by atoms with van der Waals surface area (Å²) in [5, 5.41) is 2.54. The molecular formula is C12H21N3O3S. The molecule has 1 rings (SSSR count). The van der Waals surface area contributed by atoms with Gasteiger partial charge in [-0.25, -0.2) is 0 Å². The second kappa shape index (κ2) is 7.40. The highest BCUT2D eigenvalue weighted by Crippen LogP contribution is 2.16. The minimum Gasteiger partial charge on any atom is -0.393 e. The largest absolute Gasteiger partial charge is 0.393 e. The van der Waals surface area contributed by atoms with Crippen LogP contribution in [0.4, 0.5) is 0 Å². The van der Waals surface area contributed by atoms with E-state index >= 15 is 0 Å². The quantitative estimate of drug-likeness (QED) is 0.676.